The lowest BCUT2D eigenvalue weighted by Crippen LogP contribution is -2.36. The molecule has 0 radical (unpaired) electrons. The second kappa shape index (κ2) is 8.24. The summed E-state index contributed by atoms with van der Waals surface area (Å²) in [6, 6.07) is 0.232. The van der Waals surface area contributed by atoms with E-state index >= 15 is 0 Å². The number of aromatic nitrogens is 2. The van der Waals surface area contributed by atoms with Crippen LogP contribution in [0, 0.1) is 0 Å². The van der Waals surface area contributed by atoms with E-state index in [4.69, 9.17) is 10.5 Å². The Balaban J connectivity index is 2.66. The maximum absolute atomic E-state index is 5.92. The molecule has 0 aliphatic rings. The van der Waals surface area contributed by atoms with E-state index in [0.717, 1.165) is 32.8 Å². The van der Waals surface area contributed by atoms with Crippen molar-refractivity contribution in [3.63, 3.8) is 0 Å². The second-order valence-corrected chi connectivity index (χ2v) is 4.21. The molecule has 18 heavy (non-hydrogen) atoms. The predicted molar refractivity (Wildman–Crippen MR) is 73.4 cm³/mol. The fourth-order valence-electron chi connectivity index (χ4n) is 2.08. The number of aryl methyl sites for hydroxylation is 1. The molecule has 5 heteroatoms. The van der Waals surface area contributed by atoms with Crippen molar-refractivity contribution in [3.05, 3.63) is 18.0 Å². The average molecular weight is 254 g/mol. The van der Waals surface area contributed by atoms with Crippen LogP contribution >= 0.6 is 0 Å². The molecule has 0 spiro atoms. The molecule has 0 amide bonds. The molecule has 0 aliphatic carbocycles. The summed E-state index contributed by atoms with van der Waals surface area (Å²) in [5.74, 6) is 0. The molecule has 0 saturated carbocycles. The van der Waals surface area contributed by atoms with Crippen molar-refractivity contribution in [1.29, 1.82) is 0 Å². The SMILES string of the molecule is CCOCCN(CC)C(CN)c1cnn(CC)c1. The first-order valence-corrected chi connectivity index (χ1v) is 6.80. The third kappa shape index (κ3) is 4.08. The highest BCUT2D eigenvalue weighted by molar-refractivity contribution is 5.11. The molecule has 0 fully saturated rings. The summed E-state index contributed by atoms with van der Waals surface area (Å²) < 4.78 is 7.36. The maximum Gasteiger partial charge on any atom is 0.0593 e. The monoisotopic (exact) mass is 254 g/mol. The van der Waals surface area contributed by atoms with Crippen molar-refractivity contribution in [2.75, 3.05) is 32.8 Å². The number of rotatable bonds is 9. The number of ether oxygens (including phenoxy) is 1. The highest BCUT2D eigenvalue weighted by atomic mass is 16.5. The summed E-state index contributed by atoms with van der Waals surface area (Å²) >= 11 is 0. The van der Waals surface area contributed by atoms with Gasteiger partial charge in [-0.15, -0.1) is 0 Å². The van der Waals surface area contributed by atoms with Crippen molar-refractivity contribution in [2.45, 2.75) is 33.4 Å². The van der Waals surface area contributed by atoms with Crippen LogP contribution in [-0.4, -0.2) is 47.5 Å². The molecule has 1 heterocycles. The molecule has 2 N–H and O–H groups in total. The number of hydrogen-bond donors (Lipinski definition) is 1. The second-order valence-electron chi connectivity index (χ2n) is 4.21. The molecule has 1 aromatic heterocycles. The van der Waals surface area contributed by atoms with Crippen molar-refractivity contribution < 1.29 is 4.74 Å². The topological polar surface area (TPSA) is 56.3 Å². The minimum absolute atomic E-state index is 0.232. The highest BCUT2D eigenvalue weighted by Gasteiger charge is 2.18. The van der Waals surface area contributed by atoms with Gasteiger partial charge < -0.3 is 10.5 Å². The number of nitrogens with zero attached hydrogens (tertiary/aromatic N) is 3. The lowest BCUT2D eigenvalue weighted by molar-refractivity contribution is 0.0980. The van der Waals surface area contributed by atoms with E-state index < -0.39 is 0 Å². The van der Waals surface area contributed by atoms with E-state index in [1.807, 2.05) is 17.8 Å². The molecule has 1 unspecified atom stereocenters. The molecule has 0 saturated heterocycles. The summed E-state index contributed by atoms with van der Waals surface area (Å²) in [5, 5.41) is 4.32. The molecule has 1 aromatic rings. The zero-order valence-corrected chi connectivity index (χ0v) is 11.8. The Morgan fingerprint density at radius 1 is 1.44 bits per heavy atom. The number of likely N-dealkylation sites (N-methyl/N-ethyl adjacent to an activating group) is 1. The molecule has 104 valence electrons. The standard InChI is InChI=1S/C13H26N4O/c1-4-16(7-8-18-6-3)13(9-14)12-10-15-17(5-2)11-12/h10-11,13H,4-9,14H2,1-3H3. The highest BCUT2D eigenvalue weighted by Crippen LogP contribution is 2.18. The molecular formula is C13H26N4O. The van der Waals surface area contributed by atoms with Gasteiger partial charge in [-0.25, -0.2) is 0 Å². The van der Waals surface area contributed by atoms with Crippen molar-refractivity contribution in [1.82, 2.24) is 14.7 Å². The van der Waals surface area contributed by atoms with Gasteiger partial charge in [-0.1, -0.05) is 6.92 Å². The summed E-state index contributed by atoms with van der Waals surface area (Å²) in [6.07, 6.45) is 4.01. The predicted octanol–water partition coefficient (Wildman–Crippen LogP) is 1.26. The Kier molecular flexibility index (Phi) is 6.93. The minimum atomic E-state index is 0.232. The minimum Gasteiger partial charge on any atom is -0.380 e. The van der Waals surface area contributed by atoms with Gasteiger partial charge in [-0.2, -0.15) is 5.10 Å². The van der Waals surface area contributed by atoms with Crippen molar-refractivity contribution in [3.8, 4) is 0 Å². The third-order valence-electron chi connectivity index (χ3n) is 3.16. The molecule has 1 rings (SSSR count). The first-order valence-electron chi connectivity index (χ1n) is 6.80. The fraction of sp³-hybridized carbons (Fsp3) is 0.769. The normalized spacial score (nSPS) is 13.2. The lowest BCUT2D eigenvalue weighted by Gasteiger charge is -2.28. The van der Waals surface area contributed by atoms with Crippen LogP contribution in [0.4, 0.5) is 0 Å². The van der Waals surface area contributed by atoms with E-state index in [1.54, 1.807) is 0 Å². The Hall–Kier alpha value is -0.910. The Labute approximate surface area is 110 Å². The van der Waals surface area contributed by atoms with Crippen LogP contribution in [0.1, 0.15) is 32.4 Å². The van der Waals surface area contributed by atoms with Crippen LogP contribution in [0.2, 0.25) is 0 Å². The van der Waals surface area contributed by atoms with Gasteiger partial charge in [0.05, 0.1) is 18.8 Å². The summed E-state index contributed by atoms with van der Waals surface area (Å²) in [7, 11) is 0. The average Bonchev–Trinajstić information content (AvgIpc) is 2.86. The van der Waals surface area contributed by atoms with E-state index in [1.165, 1.54) is 5.56 Å². The quantitative estimate of drug-likeness (QED) is 0.674. The summed E-state index contributed by atoms with van der Waals surface area (Å²) in [5.41, 5.74) is 7.11. The molecule has 0 aromatic carbocycles. The van der Waals surface area contributed by atoms with Gasteiger partial charge in [0, 0.05) is 38.0 Å². The van der Waals surface area contributed by atoms with Gasteiger partial charge in [0.1, 0.15) is 0 Å². The van der Waals surface area contributed by atoms with Crippen LogP contribution in [0.3, 0.4) is 0 Å². The molecular weight excluding hydrogens is 228 g/mol. The van der Waals surface area contributed by atoms with E-state index in [0.29, 0.717) is 6.54 Å². The first-order chi connectivity index (χ1) is 8.76. The van der Waals surface area contributed by atoms with Crippen molar-refractivity contribution >= 4 is 0 Å². The first kappa shape index (κ1) is 15.1. The zero-order valence-electron chi connectivity index (χ0n) is 11.8. The van der Waals surface area contributed by atoms with Gasteiger partial charge in [0.15, 0.2) is 0 Å². The van der Waals surface area contributed by atoms with E-state index in [2.05, 4.69) is 30.0 Å². The molecule has 1 atom stereocenters. The van der Waals surface area contributed by atoms with Crippen LogP contribution in [-0.2, 0) is 11.3 Å². The Bertz CT molecular complexity index is 327. The Morgan fingerprint density at radius 3 is 2.72 bits per heavy atom. The smallest absolute Gasteiger partial charge is 0.0593 e. The molecule has 0 bridgehead atoms. The van der Waals surface area contributed by atoms with Crippen LogP contribution < -0.4 is 5.73 Å². The third-order valence-corrected chi connectivity index (χ3v) is 3.16. The number of hydrogen-bond acceptors (Lipinski definition) is 4. The molecule has 5 nitrogen and oxygen atoms in total. The van der Waals surface area contributed by atoms with Gasteiger partial charge in [0.25, 0.3) is 0 Å². The Morgan fingerprint density at radius 2 is 2.22 bits per heavy atom. The fourth-order valence-corrected chi connectivity index (χ4v) is 2.08. The van der Waals surface area contributed by atoms with Crippen LogP contribution in [0.25, 0.3) is 0 Å². The largest absolute Gasteiger partial charge is 0.380 e. The van der Waals surface area contributed by atoms with E-state index in [9.17, 15) is 0 Å². The van der Waals surface area contributed by atoms with Gasteiger partial charge in [0.2, 0.25) is 0 Å². The molecule has 0 aliphatic heterocycles. The number of nitrogens with two attached hydrogens (primary N) is 1. The van der Waals surface area contributed by atoms with Crippen LogP contribution in [0.5, 0.6) is 0 Å². The maximum atomic E-state index is 5.92. The van der Waals surface area contributed by atoms with E-state index in [-0.39, 0.29) is 6.04 Å². The summed E-state index contributed by atoms with van der Waals surface area (Å²) in [4.78, 5) is 2.34. The van der Waals surface area contributed by atoms with Gasteiger partial charge in [-0.3, -0.25) is 9.58 Å². The van der Waals surface area contributed by atoms with Gasteiger partial charge >= 0.3 is 0 Å². The van der Waals surface area contributed by atoms with Crippen LogP contribution in [0.15, 0.2) is 12.4 Å². The lowest BCUT2D eigenvalue weighted by atomic mass is 10.1. The zero-order chi connectivity index (χ0) is 13.4. The summed E-state index contributed by atoms with van der Waals surface area (Å²) in [6.45, 7) is 11.1. The van der Waals surface area contributed by atoms with Gasteiger partial charge in [-0.05, 0) is 20.4 Å². The van der Waals surface area contributed by atoms with Crippen molar-refractivity contribution in [2.24, 2.45) is 5.73 Å².